The summed E-state index contributed by atoms with van der Waals surface area (Å²) in [7, 11) is 3.70. The number of hydrogen-bond donors (Lipinski definition) is 1. The van der Waals surface area contributed by atoms with Crippen LogP contribution in [0.15, 0.2) is 12.3 Å². The van der Waals surface area contributed by atoms with Crippen LogP contribution in [0, 0.1) is 6.92 Å². The van der Waals surface area contributed by atoms with E-state index in [1.807, 2.05) is 22.6 Å². The molecule has 0 saturated carbocycles. The Labute approximate surface area is 126 Å². The lowest BCUT2D eigenvalue weighted by Crippen LogP contribution is -2.19. The summed E-state index contributed by atoms with van der Waals surface area (Å²) in [5.41, 5.74) is 4.72. The second kappa shape index (κ2) is 7.38. The molecule has 0 radical (unpaired) electrons. The first-order valence-electron chi connectivity index (χ1n) is 7.38. The highest BCUT2D eigenvalue weighted by Gasteiger charge is 2.09. The monoisotopic (exact) mass is 291 g/mol. The fourth-order valence-electron chi connectivity index (χ4n) is 2.26. The van der Waals surface area contributed by atoms with Crippen LogP contribution >= 0.6 is 0 Å². The SMILES string of the molecule is CCc1cc(Cn2ncc(CNCCOC)c2C)n(C)n1. The molecular weight excluding hydrogens is 266 g/mol. The van der Waals surface area contributed by atoms with E-state index in [-0.39, 0.29) is 0 Å². The highest BCUT2D eigenvalue weighted by molar-refractivity contribution is 5.18. The third-order valence-corrected chi connectivity index (χ3v) is 3.70. The zero-order valence-electron chi connectivity index (χ0n) is 13.4. The Bertz CT molecular complexity index is 573. The Morgan fingerprint density at radius 1 is 1.38 bits per heavy atom. The van der Waals surface area contributed by atoms with Crippen LogP contribution < -0.4 is 5.32 Å². The van der Waals surface area contributed by atoms with Crippen LogP contribution in [0.5, 0.6) is 0 Å². The standard InChI is InChI=1S/C15H25N5O/c1-5-14-8-15(19(3)18-14)11-20-12(2)13(10-17-20)9-16-6-7-21-4/h8,10,16H,5-7,9,11H2,1-4H3. The summed E-state index contributed by atoms with van der Waals surface area (Å²) in [6.07, 6.45) is 2.90. The fourth-order valence-corrected chi connectivity index (χ4v) is 2.26. The molecule has 116 valence electrons. The quantitative estimate of drug-likeness (QED) is 0.744. The van der Waals surface area contributed by atoms with E-state index in [0.717, 1.165) is 38.4 Å². The second-order valence-corrected chi connectivity index (χ2v) is 5.19. The van der Waals surface area contributed by atoms with Gasteiger partial charge in [-0.05, 0) is 19.4 Å². The van der Waals surface area contributed by atoms with Gasteiger partial charge >= 0.3 is 0 Å². The van der Waals surface area contributed by atoms with Gasteiger partial charge in [-0.3, -0.25) is 9.36 Å². The van der Waals surface area contributed by atoms with Crippen molar-refractivity contribution < 1.29 is 4.74 Å². The van der Waals surface area contributed by atoms with Crippen molar-refractivity contribution in [2.24, 2.45) is 7.05 Å². The Morgan fingerprint density at radius 2 is 2.19 bits per heavy atom. The van der Waals surface area contributed by atoms with Gasteiger partial charge in [0, 0.05) is 38.5 Å². The van der Waals surface area contributed by atoms with Crippen molar-refractivity contribution >= 4 is 0 Å². The van der Waals surface area contributed by atoms with Gasteiger partial charge in [0.1, 0.15) is 0 Å². The van der Waals surface area contributed by atoms with Gasteiger partial charge < -0.3 is 10.1 Å². The Hall–Kier alpha value is -1.66. The van der Waals surface area contributed by atoms with Crippen molar-refractivity contribution in [2.45, 2.75) is 33.4 Å². The molecule has 0 aliphatic heterocycles. The van der Waals surface area contributed by atoms with Gasteiger partial charge in [0.25, 0.3) is 0 Å². The minimum absolute atomic E-state index is 0.724. The number of ether oxygens (including phenoxy) is 1. The first-order valence-corrected chi connectivity index (χ1v) is 7.38. The van der Waals surface area contributed by atoms with E-state index in [2.05, 4.69) is 35.4 Å². The molecule has 2 heterocycles. The first kappa shape index (κ1) is 15.7. The number of nitrogens with one attached hydrogen (secondary N) is 1. The van der Waals surface area contributed by atoms with Gasteiger partial charge in [0.05, 0.1) is 30.7 Å². The van der Waals surface area contributed by atoms with Crippen molar-refractivity contribution in [3.05, 3.63) is 34.9 Å². The molecule has 21 heavy (non-hydrogen) atoms. The van der Waals surface area contributed by atoms with E-state index in [9.17, 15) is 0 Å². The van der Waals surface area contributed by atoms with E-state index in [1.165, 1.54) is 17.0 Å². The molecule has 2 aromatic heterocycles. The molecule has 0 unspecified atom stereocenters. The molecule has 0 aliphatic carbocycles. The van der Waals surface area contributed by atoms with Gasteiger partial charge in [-0.15, -0.1) is 0 Å². The third kappa shape index (κ3) is 3.92. The Kier molecular flexibility index (Phi) is 5.52. The fraction of sp³-hybridized carbons (Fsp3) is 0.600. The van der Waals surface area contributed by atoms with Crippen molar-refractivity contribution in [1.82, 2.24) is 24.9 Å². The summed E-state index contributed by atoms with van der Waals surface area (Å²) in [6, 6.07) is 2.15. The summed E-state index contributed by atoms with van der Waals surface area (Å²) in [5.74, 6) is 0. The number of methoxy groups -OCH3 is 1. The zero-order chi connectivity index (χ0) is 15.2. The molecule has 2 rings (SSSR count). The second-order valence-electron chi connectivity index (χ2n) is 5.19. The zero-order valence-corrected chi connectivity index (χ0v) is 13.4. The lowest BCUT2D eigenvalue weighted by Gasteiger charge is -2.07. The van der Waals surface area contributed by atoms with Crippen LogP contribution in [0.3, 0.4) is 0 Å². The van der Waals surface area contributed by atoms with Gasteiger partial charge in [-0.25, -0.2) is 0 Å². The maximum atomic E-state index is 5.03. The van der Waals surface area contributed by atoms with Crippen LogP contribution in [0.2, 0.25) is 0 Å². The molecule has 6 nitrogen and oxygen atoms in total. The van der Waals surface area contributed by atoms with Crippen LogP contribution in [0.1, 0.15) is 29.6 Å². The van der Waals surface area contributed by atoms with Crippen molar-refractivity contribution in [2.75, 3.05) is 20.3 Å². The predicted molar refractivity (Wildman–Crippen MR) is 82.2 cm³/mol. The van der Waals surface area contributed by atoms with E-state index < -0.39 is 0 Å². The number of hydrogen-bond acceptors (Lipinski definition) is 4. The molecular formula is C15H25N5O. The van der Waals surface area contributed by atoms with Gasteiger partial charge in [0.15, 0.2) is 0 Å². The van der Waals surface area contributed by atoms with Crippen LogP contribution in [0.4, 0.5) is 0 Å². The molecule has 0 spiro atoms. The van der Waals surface area contributed by atoms with E-state index in [1.54, 1.807) is 7.11 Å². The summed E-state index contributed by atoms with van der Waals surface area (Å²) in [5, 5.41) is 12.3. The largest absolute Gasteiger partial charge is 0.383 e. The first-order chi connectivity index (χ1) is 10.2. The Balaban J connectivity index is 2.00. The smallest absolute Gasteiger partial charge is 0.0831 e. The summed E-state index contributed by atoms with van der Waals surface area (Å²) in [6.45, 7) is 7.38. The Morgan fingerprint density at radius 3 is 2.86 bits per heavy atom. The molecule has 0 saturated heterocycles. The highest BCUT2D eigenvalue weighted by Crippen LogP contribution is 2.11. The van der Waals surface area contributed by atoms with Crippen LogP contribution in [-0.2, 0) is 31.3 Å². The number of aryl methyl sites for hydroxylation is 2. The molecule has 0 aromatic carbocycles. The van der Waals surface area contributed by atoms with E-state index in [0.29, 0.717) is 0 Å². The third-order valence-electron chi connectivity index (χ3n) is 3.70. The lowest BCUT2D eigenvalue weighted by atomic mass is 10.2. The van der Waals surface area contributed by atoms with E-state index in [4.69, 9.17) is 4.74 Å². The number of aromatic nitrogens is 4. The van der Waals surface area contributed by atoms with Crippen molar-refractivity contribution in [1.29, 1.82) is 0 Å². The normalized spacial score (nSPS) is 11.2. The van der Waals surface area contributed by atoms with E-state index >= 15 is 0 Å². The molecule has 0 aliphatic rings. The summed E-state index contributed by atoms with van der Waals surface area (Å²) >= 11 is 0. The molecule has 6 heteroatoms. The summed E-state index contributed by atoms with van der Waals surface area (Å²) in [4.78, 5) is 0. The van der Waals surface area contributed by atoms with Gasteiger partial charge in [-0.1, -0.05) is 6.92 Å². The summed E-state index contributed by atoms with van der Waals surface area (Å²) < 4.78 is 9.00. The van der Waals surface area contributed by atoms with Gasteiger partial charge in [0.2, 0.25) is 0 Å². The molecule has 0 atom stereocenters. The lowest BCUT2D eigenvalue weighted by molar-refractivity contribution is 0.199. The van der Waals surface area contributed by atoms with Gasteiger partial charge in [-0.2, -0.15) is 10.2 Å². The minimum Gasteiger partial charge on any atom is -0.383 e. The predicted octanol–water partition coefficient (Wildman–Crippen LogP) is 1.27. The molecule has 1 N–H and O–H groups in total. The molecule has 2 aromatic rings. The average Bonchev–Trinajstić information content (AvgIpc) is 3.01. The van der Waals surface area contributed by atoms with Crippen molar-refractivity contribution in [3.63, 3.8) is 0 Å². The van der Waals surface area contributed by atoms with Crippen molar-refractivity contribution in [3.8, 4) is 0 Å². The molecule has 0 bridgehead atoms. The average molecular weight is 291 g/mol. The minimum atomic E-state index is 0.724. The maximum Gasteiger partial charge on any atom is 0.0831 e. The molecule has 0 fully saturated rings. The topological polar surface area (TPSA) is 56.9 Å². The molecule has 0 amide bonds. The number of rotatable bonds is 8. The maximum absolute atomic E-state index is 5.03. The highest BCUT2D eigenvalue weighted by atomic mass is 16.5. The van der Waals surface area contributed by atoms with Crippen LogP contribution in [0.25, 0.3) is 0 Å². The van der Waals surface area contributed by atoms with Crippen LogP contribution in [-0.4, -0.2) is 39.8 Å². The number of nitrogens with zero attached hydrogens (tertiary/aromatic N) is 4.